The summed E-state index contributed by atoms with van der Waals surface area (Å²) in [7, 11) is 0. The minimum absolute atomic E-state index is 0. The minimum atomic E-state index is 0. The topological polar surface area (TPSA) is 36.4 Å². The Hall–Kier alpha value is 0.0500. The molecule has 1 aromatic rings. The highest BCUT2D eigenvalue weighted by Gasteiger charge is 2.29. The maximum Gasteiger partial charge on any atom is 0.191 e. The van der Waals surface area contributed by atoms with Crippen LogP contribution in [-0.4, -0.2) is 36.1 Å². The second-order valence-electron chi connectivity index (χ2n) is 5.41. The van der Waals surface area contributed by atoms with Crippen molar-refractivity contribution in [2.45, 2.75) is 37.9 Å². The number of rotatable bonds is 6. The molecule has 21 heavy (non-hydrogen) atoms. The summed E-state index contributed by atoms with van der Waals surface area (Å²) in [5.74, 6) is 2.24. The summed E-state index contributed by atoms with van der Waals surface area (Å²) >= 11 is 3.82. The van der Waals surface area contributed by atoms with Gasteiger partial charge < -0.3 is 10.6 Å². The van der Waals surface area contributed by atoms with Crippen molar-refractivity contribution in [2.75, 3.05) is 25.4 Å². The van der Waals surface area contributed by atoms with Crippen LogP contribution < -0.4 is 10.6 Å². The van der Waals surface area contributed by atoms with E-state index in [1.165, 1.54) is 24.2 Å². The monoisotopic (exact) mass is 439 g/mol. The summed E-state index contributed by atoms with van der Waals surface area (Å²) in [4.78, 5) is 4.76. The van der Waals surface area contributed by atoms with Gasteiger partial charge in [0.2, 0.25) is 0 Å². The van der Waals surface area contributed by atoms with Gasteiger partial charge in [0.15, 0.2) is 5.96 Å². The maximum absolute atomic E-state index is 4.76. The van der Waals surface area contributed by atoms with Crippen molar-refractivity contribution in [2.24, 2.45) is 4.99 Å². The van der Waals surface area contributed by atoms with E-state index < -0.39 is 0 Å². The fraction of sp³-hybridized carbons (Fsp3) is 0.667. The number of guanidine groups is 1. The van der Waals surface area contributed by atoms with Gasteiger partial charge in [-0.3, -0.25) is 4.99 Å². The van der Waals surface area contributed by atoms with Crippen LogP contribution in [0.2, 0.25) is 0 Å². The molecule has 1 aromatic heterocycles. The number of thioether (sulfide) groups is 1. The Morgan fingerprint density at radius 2 is 2.29 bits per heavy atom. The van der Waals surface area contributed by atoms with Crippen LogP contribution in [0.5, 0.6) is 0 Å². The normalized spacial score (nSPS) is 21.9. The Morgan fingerprint density at radius 1 is 1.43 bits per heavy atom. The van der Waals surface area contributed by atoms with E-state index in [0.717, 1.165) is 32.0 Å². The molecular weight excluding hydrogens is 413 g/mol. The molecule has 0 amide bonds. The summed E-state index contributed by atoms with van der Waals surface area (Å²) < 4.78 is 0.343. The zero-order chi connectivity index (χ0) is 14.3. The molecule has 0 spiro atoms. The van der Waals surface area contributed by atoms with Crippen LogP contribution in [-0.2, 0) is 6.42 Å². The molecule has 1 saturated heterocycles. The number of thiophene rings is 1. The van der Waals surface area contributed by atoms with Crippen LogP contribution in [0, 0.1) is 0 Å². The lowest BCUT2D eigenvalue weighted by Gasteiger charge is -2.21. The highest BCUT2D eigenvalue weighted by atomic mass is 127. The number of hydrogen-bond acceptors (Lipinski definition) is 3. The van der Waals surface area contributed by atoms with Gasteiger partial charge in [-0.15, -0.1) is 24.0 Å². The lowest BCUT2D eigenvalue weighted by atomic mass is 10.1. The van der Waals surface area contributed by atoms with Gasteiger partial charge in [-0.2, -0.15) is 23.1 Å². The van der Waals surface area contributed by atoms with Gasteiger partial charge in [0.05, 0.1) is 6.54 Å². The summed E-state index contributed by atoms with van der Waals surface area (Å²) in [6.07, 6.45) is 3.67. The lowest BCUT2D eigenvalue weighted by molar-refractivity contribution is 0.614. The lowest BCUT2D eigenvalue weighted by Crippen LogP contribution is -2.39. The first-order chi connectivity index (χ1) is 9.72. The summed E-state index contributed by atoms with van der Waals surface area (Å²) in [6.45, 7) is 7.21. The van der Waals surface area contributed by atoms with Crippen LogP contribution in [0.1, 0.15) is 32.3 Å². The van der Waals surface area contributed by atoms with E-state index in [4.69, 9.17) is 4.99 Å². The highest BCUT2D eigenvalue weighted by molar-refractivity contribution is 14.0. The predicted octanol–water partition coefficient (Wildman–Crippen LogP) is 3.75. The Labute approximate surface area is 153 Å². The number of nitrogens with one attached hydrogen (secondary N) is 2. The molecule has 1 fully saturated rings. The third-order valence-electron chi connectivity index (χ3n) is 3.50. The summed E-state index contributed by atoms with van der Waals surface area (Å²) in [6, 6.07) is 2.19. The first kappa shape index (κ1) is 19.1. The molecule has 2 rings (SSSR count). The number of halogens is 1. The van der Waals surface area contributed by atoms with E-state index in [0.29, 0.717) is 4.75 Å². The second kappa shape index (κ2) is 9.94. The van der Waals surface area contributed by atoms with Crippen molar-refractivity contribution in [3.63, 3.8) is 0 Å². The van der Waals surface area contributed by atoms with Gasteiger partial charge in [-0.1, -0.05) is 0 Å². The highest BCUT2D eigenvalue weighted by Crippen LogP contribution is 2.37. The van der Waals surface area contributed by atoms with Crippen LogP contribution in [0.3, 0.4) is 0 Å². The average molecular weight is 439 g/mol. The van der Waals surface area contributed by atoms with Crippen molar-refractivity contribution in [1.29, 1.82) is 0 Å². The van der Waals surface area contributed by atoms with Crippen LogP contribution >= 0.6 is 47.1 Å². The third kappa shape index (κ3) is 6.78. The van der Waals surface area contributed by atoms with Crippen molar-refractivity contribution in [1.82, 2.24) is 10.6 Å². The standard InChI is InChI=1S/C15H25N3S2.HI/c1-3-16-14(17-8-5-13-6-10-19-11-13)18-12-15(2)7-4-9-20-15;/h6,10-11H,3-5,7-9,12H2,1-2H3,(H2,16,17,18);1H. The largest absolute Gasteiger partial charge is 0.357 e. The second-order valence-corrected chi connectivity index (χ2v) is 7.87. The summed E-state index contributed by atoms with van der Waals surface area (Å²) in [5.41, 5.74) is 1.40. The SMILES string of the molecule is CCNC(=NCC1(C)CCCS1)NCCc1ccsc1.I. The minimum Gasteiger partial charge on any atom is -0.357 e. The van der Waals surface area contributed by atoms with Gasteiger partial charge >= 0.3 is 0 Å². The molecule has 120 valence electrons. The molecule has 2 heterocycles. The molecule has 1 atom stereocenters. The smallest absolute Gasteiger partial charge is 0.191 e. The van der Waals surface area contributed by atoms with Gasteiger partial charge in [-0.25, -0.2) is 0 Å². The van der Waals surface area contributed by atoms with Crippen molar-refractivity contribution >= 4 is 53.0 Å². The Kier molecular flexibility index (Phi) is 9.04. The van der Waals surface area contributed by atoms with Crippen LogP contribution in [0.15, 0.2) is 21.8 Å². The Balaban J connectivity index is 0.00000220. The molecule has 0 aliphatic carbocycles. The molecule has 0 bridgehead atoms. The van der Waals surface area contributed by atoms with Crippen LogP contribution in [0.25, 0.3) is 0 Å². The van der Waals surface area contributed by atoms with Crippen LogP contribution in [0.4, 0.5) is 0 Å². The van der Waals surface area contributed by atoms with E-state index in [2.05, 4.69) is 53.1 Å². The molecule has 0 aromatic carbocycles. The van der Waals surface area contributed by atoms with Gasteiger partial charge in [0.1, 0.15) is 0 Å². The first-order valence-electron chi connectivity index (χ1n) is 7.39. The van der Waals surface area contributed by atoms with E-state index in [1.807, 2.05) is 0 Å². The Bertz CT molecular complexity index is 415. The molecular formula is C15H26IN3S2. The summed E-state index contributed by atoms with van der Waals surface area (Å²) in [5, 5.41) is 11.1. The molecule has 1 aliphatic heterocycles. The fourth-order valence-corrected chi connectivity index (χ4v) is 4.24. The predicted molar refractivity (Wildman–Crippen MR) is 108 cm³/mol. The fourth-order valence-electron chi connectivity index (χ4n) is 2.31. The third-order valence-corrected chi connectivity index (χ3v) is 5.76. The molecule has 1 aliphatic rings. The number of aliphatic imine (C=N–C) groups is 1. The van der Waals surface area contributed by atoms with E-state index >= 15 is 0 Å². The molecule has 1 unspecified atom stereocenters. The van der Waals surface area contributed by atoms with Gasteiger partial charge in [0.25, 0.3) is 0 Å². The van der Waals surface area contributed by atoms with E-state index in [-0.39, 0.29) is 24.0 Å². The number of nitrogens with zero attached hydrogens (tertiary/aromatic N) is 1. The number of hydrogen-bond donors (Lipinski definition) is 2. The molecule has 6 heteroatoms. The molecule has 2 N–H and O–H groups in total. The molecule has 0 saturated carbocycles. The van der Waals surface area contributed by atoms with Gasteiger partial charge in [0, 0.05) is 17.8 Å². The quantitative estimate of drug-likeness (QED) is 0.403. The van der Waals surface area contributed by atoms with E-state index in [1.54, 1.807) is 11.3 Å². The zero-order valence-electron chi connectivity index (χ0n) is 12.9. The molecule has 0 radical (unpaired) electrons. The molecule has 3 nitrogen and oxygen atoms in total. The van der Waals surface area contributed by atoms with Gasteiger partial charge in [-0.05, 0) is 61.3 Å². The van der Waals surface area contributed by atoms with E-state index in [9.17, 15) is 0 Å². The first-order valence-corrected chi connectivity index (χ1v) is 9.32. The Morgan fingerprint density at radius 3 is 2.90 bits per heavy atom. The zero-order valence-corrected chi connectivity index (χ0v) is 16.8. The average Bonchev–Trinajstić information content (AvgIpc) is 3.08. The maximum atomic E-state index is 4.76. The van der Waals surface area contributed by atoms with Crippen molar-refractivity contribution in [3.8, 4) is 0 Å². The van der Waals surface area contributed by atoms with Crippen molar-refractivity contribution < 1.29 is 0 Å². The van der Waals surface area contributed by atoms with Crippen molar-refractivity contribution in [3.05, 3.63) is 22.4 Å².